The molecule has 1 aliphatic rings. The Morgan fingerprint density at radius 2 is 1.46 bits per heavy atom. The average Bonchev–Trinajstić information content (AvgIpc) is 3.56. The average molecular weight is 660 g/mol. The first-order chi connectivity index (χ1) is 22.9. The summed E-state index contributed by atoms with van der Waals surface area (Å²) < 4.78 is 17.3. The van der Waals surface area contributed by atoms with Crippen LogP contribution in [0.1, 0.15) is 57.2 Å². The summed E-state index contributed by atoms with van der Waals surface area (Å²) in [5.41, 5.74) is 1.79. The van der Waals surface area contributed by atoms with Crippen molar-refractivity contribution in [1.82, 2.24) is 15.5 Å². The summed E-state index contributed by atoms with van der Waals surface area (Å²) in [5.74, 6) is -1.66. The molecule has 1 saturated heterocycles. The Morgan fingerprint density at radius 1 is 0.854 bits per heavy atom. The number of benzene rings is 3. The van der Waals surface area contributed by atoms with E-state index in [0.717, 1.165) is 16.7 Å². The molecule has 11 heteroatoms. The second-order valence-electron chi connectivity index (χ2n) is 12.8. The molecule has 0 radical (unpaired) electrons. The topological polar surface area (TPSA) is 144 Å². The van der Waals surface area contributed by atoms with Gasteiger partial charge in [-0.3, -0.25) is 9.59 Å². The van der Waals surface area contributed by atoms with E-state index in [-0.39, 0.29) is 19.6 Å². The van der Waals surface area contributed by atoms with E-state index < -0.39 is 53.7 Å². The van der Waals surface area contributed by atoms with Crippen LogP contribution in [0.2, 0.25) is 0 Å². The number of hydrogen-bond donors (Lipinski definition) is 3. The lowest BCUT2D eigenvalue weighted by Gasteiger charge is -2.31. The zero-order chi connectivity index (χ0) is 34.7. The van der Waals surface area contributed by atoms with Gasteiger partial charge in [-0.1, -0.05) is 72.8 Å². The molecule has 3 aromatic rings. The van der Waals surface area contributed by atoms with Crippen molar-refractivity contribution in [2.75, 3.05) is 6.54 Å². The Labute approximate surface area is 281 Å². The predicted molar refractivity (Wildman–Crippen MR) is 179 cm³/mol. The molecule has 48 heavy (non-hydrogen) atoms. The van der Waals surface area contributed by atoms with E-state index in [1.165, 1.54) is 4.90 Å². The number of rotatable bonds is 14. The fourth-order valence-corrected chi connectivity index (χ4v) is 5.38. The minimum Gasteiger partial charge on any atom is -0.489 e. The Hall–Kier alpha value is -4.90. The number of carbonyl (C=O) groups excluding carboxylic acids is 3. The zero-order valence-corrected chi connectivity index (χ0v) is 27.9. The molecule has 3 amide bonds. The molecular weight excluding hydrogens is 614 g/mol. The summed E-state index contributed by atoms with van der Waals surface area (Å²) in [6.07, 6.45) is -0.720. The largest absolute Gasteiger partial charge is 0.489 e. The standard InChI is InChI=1S/C37H45N3O8/c1-25(46-23-27-12-7-5-8-13-27)32(39-36(45)48-37(2,3)4)33(41)38-30(34(42)40-21-11-16-31(40)35(43)44)22-26-17-19-29(20-18-26)47-24-28-14-9-6-10-15-28/h5-10,12-15,17-20,25,30-32H,11,16,21-24H2,1-4H3,(H,38,41)(H,39,45)(H,43,44)/t25-,30+,31+,32+/m1/s1. The van der Waals surface area contributed by atoms with E-state index in [4.69, 9.17) is 14.2 Å². The summed E-state index contributed by atoms with van der Waals surface area (Å²) in [7, 11) is 0. The molecule has 1 heterocycles. The van der Waals surface area contributed by atoms with Gasteiger partial charge < -0.3 is 34.9 Å². The third-order valence-corrected chi connectivity index (χ3v) is 7.83. The molecule has 0 bridgehead atoms. The smallest absolute Gasteiger partial charge is 0.408 e. The van der Waals surface area contributed by atoms with Gasteiger partial charge in [0.1, 0.15) is 36.1 Å². The fraction of sp³-hybridized carbons (Fsp3) is 0.405. The minimum atomic E-state index is -1.23. The second-order valence-corrected chi connectivity index (χ2v) is 12.8. The van der Waals surface area contributed by atoms with Crippen LogP contribution in [0.3, 0.4) is 0 Å². The number of carboxylic acid groups (broad SMARTS) is 1. The highest BCUT2D eigenvalue weighted by molar-refractivity contribution is 5.93. The van der Waals surface area contributed by atoms with E-state index in [1.54, 1.807) is 52.0 Å². The molecule has 0 aliphatic carbocycles. The van der Waals surface area contributed by atoms with Gasteiger partial charge in [-0.05, 0) is 69.4 Å². The SMILES string of the molecule is C[C@@H](OCc1ccccc1)[C@H](NC(=O)OC(C)(C)C)C(=O)N[C@@H](Cc1ccc(OCc2ccccc2)cc1)C(=O)N1CCC[C@H]1C(=O)O. The zero-order valence-electron chi connectivity index (χ0n) is 27.9. The Bertz CT molecular complexity index is 1510. The molecule has 4 rings (SSSR count). The van der Waals surface area contributed by atoms with E-state index in [9.17, 15) is 24.3 Å². The Morgan fingerprint density at radius 3 is 2.04 bits per heavy atom. The molecule has 1 fully saturated rings. The van der Waals surface area contributed by atoms with Crippen LogP contribution in [0.25, 0.3) is 0 Å². The van der Waals surface area contributed by atoms with Gasteiger partial charge >= 0.3 is 12.1 Å². The maximum absolute atomic E-state index is 13.9. The molecular formula is C37H45N3O8. The monoisotopic (exact) mass is 659 g/mol. The van der Waals surface area contributed by atoms with Crippen molar-refractivity contribution in [2.45, 2.75) is 90.0 Å². The van der Waals surface area contributed by atoms with E-state index in [0.29, 0.717) is 25.2 Å². The molecule has 0 aromatic heterocycles. The highest BCUT2D eigenvalue weighted by atomic mass is 16.6. The molecule has 0 saturated carbocycles. The van der Waals surface area contributed by atoms with Crippen molar-refractivity contribution >= 4 is 23.9 Å². The van der Waals surface area contributed by atoms with Crippen molar-refractivity contribution in [3.8, 4) is 5.75 Å². The fourth-order valence-electron chi connectivity index (χ4n) is 5.38. The first-order valence-corrected chi connectivity index (χ1v) is 16.1. The van der Waals surface area contributed by atoms with Gasteiger partial charge in [0.2, 0.25) is 11.8 Å². The van der Waals surface area contributed by atoms with Crippen LogP contribution < -0.4 is 15.4 Å². The maximum Gasteiger partial charge on any atom is 0.408 e. The number of hydrogen-bond acceptors (Lipinski definition) is 7. The molecule has 256 valence electrons. The van der Waals surface area contributed by atoms with E-state index >= 15 is 0 Å². The van der Waals surface area contributed by atoms with Crippen LogP contribution in [0.4, 0.5) is 4.79 Å². The number of amides is 3. The first kappa shape index (κ1) is 35.9. The minimum absolute atomic E-state index is 0.0742. The molecule has 0 spiro atoms. The van der Waals surface area contributed by atoms with Crippen molar-refractivity contribution < 1.29 is 38.5 Å². The number of nitrogens with one attached hydrogen (secondary N) is 2. The van der Waals surface area contributed by atoms with Gasteiger partial charge in [0, 0.05) is 13.0 Å². The van der Waals surface area contributed by atoms with Gasteiger partial charge in [-0.2, -0.15) is 0 Å². The number of carbonyl (C=O) groups is 4. The van der Waals surface area contributed by atoms with Crippen molar-refractivity contribution in [2.24, 2.45) is 0 Å². The van der Waals surface area contributed by atoms with Crippen molar-refractivity contribution in [3.05, 3.63) is 102 Å². The van der Waals surface area contributed by atoms with Crippen LogP contribution in [-0.4, -0.2) is 70.3 Å². The maximum atomic E-state index is 13.9. The first-order valence-electron chi connectivity index (χ1n) is 16.1. The lowest BCUT2D eigenvalue weighted by atomic mass is 10.0. The third-order valence-electron chi connectivity index (χ3n) is 7.83. The van der Waals surface area contributed by atoms with Gasteiger partial charge in [-0.15, -0.1) is 0 Å². The highest BCUT2D eigenvalue weighted by Gasteiger charge is 2.39. The van der Waals surface area contributed by atoms with Crippen molar-refractivity contribution in [1.29, 1.82) is 0 Å². The highest BCUT2D eigenvalue weighted by Crippen LogP contribution is 2.21. The number of likely N-dealkylation sites (tertiary alicyclic amines) is 1. The second kappa shape index (κ2) is 16.8. The number of ether oxygens (including phenoxy) is 3. The molecule has 0 unspecified atom stereocenters. The summed E-state index contributed by atoms with van der Waals surface area (Å²) in [6, 6.07) is 22.9. The lowest BCUT2D eigenvalue weighted by molar-refractivity contribution is -0.149. The number of alkyl carbamates (subject to hydrolysis) is 1. The van der Waals surface area contributed by atoms with Gasteiger partial charge in [-0.25, -0.2) is 9.59 Å². The molecule has 3 N–H and O–H groups in total. The quantitative estimate of drug-likeness (QED) is 0.223. The Kier molecular flexibility index (Phi) is 12.6. The van der Waals surface area contributed by atoms with Crippen LogP contribution in [0, 0.1) is 0 Å². The summed E-state index contributed by atoms with van der Waals surface area (Å²) in [6.45, 7) is 7.59. The van der Waals surface area contributed by atoms with Crippen molar-refractivity contribution in [3.63, 3.8) is 0 Å². The third kappa shape index (κ3) is 10.8. The van der Waals surface area contributed by atoms with Crippen LogP contribution in [-0.2, 0) is 43.5 Å². The van der Waals surface area contributed by atoms with Crippen LogP contribution in [0.5, 0.6) is 5.75 Å². The van der Waals surface area contributed by atoms with E-state index in [1.807, 2.05) is 60.7 Å². The number of carboxylic acids is 1. The summed E-state index contributed by atoms with van der Waals surface area (Å²) in [5, 5.41) is 15.2. The summed E-state index contributed by atoms with van der Waals surface area (Å²) >= 11 is 0. The van der Waals surface area contributed by atoms with Gasteiger partial charge in [0.15, 0.2) is 0 Å². The number of aliphatic carboxylic acids is 1. The molecule has 1 aliphatic heterocycles. The number of nitrogens with zero attached hydrogens (tertiary/aromatic N) is 1. The van der Waals surface area contributed by atoms with Crippen LogP contribution >= 0.6 is 0 Å². The molecule has 11 nitrogen and oxygen atoms in total. The normalized spacial score (nSPS) is 16.3. The van der Waals surface area contributed by atoms with Crippen LogP contribution in [0.15, 0.2) is 84.9 Å². The summed E-state index contributed by atoms with van der Waals surface area (Å²) in [4.78, 5) is 54.0. The van der Waals surface area contributed by atoms with Gasteiger partial charge in [0.25, 0.3) is 0 Å². The Balaban J connectivity index is 1.54. The molecule has 4 atom stereocenters. The predicted octanol–water partition coefficient (Wildman–Crippen LogP) is 4.87. The van der Waals surface area contributed by atoms with E-state index in [2.05, 4.69) is 10.6 Å². The van der Waals surface area contributed by atoms with Gasteiger partial charge in [0.05, 0.1) is 12.7 Å². The lowest BCUT2D eigenvalue weighted by Crippen LogP contribution is -2.59. The molecule has 3 aromatic carbocycles.